The number of pyridine rings is 1. The molecule has 0 saturated carbocycles. The van der Waals surface area contributed by atoms with E-state index < -0.39 is 5.92 Å². The molecule has 1 aromatic rings. The van der Waals surface area contributed by atoms with Crippen LogP contribution in [0.1, 0.15) is 13.3 Å². The summed E-state index contributed by atoms with van der Waals surface area (Å²) >= 11 is 0. The summed E-state index contributed by atoms with van der Waals surface area (Å²) in [4.78, 5) is 29.3. The molecule has 1 aromatic heterocycles. The van der Waals surface area contributed by atoms with Crippen LogP contribution in [0.15, 0.2) is 24.5 Å². The van der Waals surface area contributed by atoms with Crippen LogP contribution >= 0.6 is 0 Å². The third-order valence-corrected chi connectivity index (χ3v) is 2.83. The van der Waals surface area contributed by atoms with Crippen molar-refractivity contribution < 1.29 is 9.59 Å². The lowest BCUT2D eigenvalue weighted by atomic mass is 10.1. The van der Waals surface area contributed by atoms with Crippen molar-refractivity contribution in [1.82, 2.24) is 10.3 Å². The van der Waals surface area contributed by atoms with E-state index >= 15 is 0 Å². The van der Waals surface area contributed by atoms with Gasteiger partial charge in [-0.2, -0.15) is 0 Å². The zero-order valence-corrected chi connectivity index (χ0v) is 9.72. The highest BCUT2D eigenvalue weighted by molar-refractivity contribution is 6.09. The highest BCUT2D eigenvalue weighted by atomic mass is 16.2. The molecular weight excluding hydrogens is 218 g/mol. The lowest BCUT2D eigenvalue weighted by Gasteiger charge is -2.15. The van der Waals surface area contributed by atoms with Crippen molar-refractivity contribution in [2.75, 3.05) is 18.0 Å². The molecule has 2 heterocycles. The number of hydrogen-bond donors (Lipinski definition) is 1. The van der Waals surface area contributed by atoms with Gasteiger partial charge in [-0.05, 0) is 25.5 Å². The fourth-order valence-electron chi connectivity index (χ4n) is 1.99. The SMILES string of the molecule is CCNC(=O)C1CCN(c2cccnc2)C1=O. The fourth-order valence-corrected chi connectivity index (χ4v) is 1.99. The summed E-state index contributed by atoms with van der Waals surface area (Å²) in [6, 6.07) is 3.60. The van der Waals surface area contributed by atoms with Gasteiger partial charge in [0.1, 0.15) is 5.92 Å². The van der Waals surface area contributed by atoms with E-state index in [4.69, 9.17) is 0 Å². The van der Waals surface area contributed by atoms with Gasteiger partial charge in [0.15, 0.2) is 0 Å². The summed E-state index contributed by atoms with van der Waals surface area (Å²) in [6.07, 6.45) is 3.86. The van der Waals surface area contributed by atoms with E-state index in [-0.39, 0.29) is 11.8 Å². The number of nitrogens with one attached hydrogen (secondary N) is 1. The molecule has 2 amide bonds. The molecule has 0 spiro atoms. The summed E-state index contributed by atoms with van der Waals surface area (Å²) < 4.78 is 0. The van der Waals surface area contributed by atoms with E-state index in [0.717, 1.165) is 5.69 Å². The molecule has 0 aliphatic carbocycles. The van der Waals surface area contributed by atoms with E-state index in [2.05, 4.69) is 10.3 Å². The third kappa shape index (κ3) is 2.27. The maximum atomic E-state index is 12.1. The second-order valence-corrected chi connectivity index (χ2v) is 3.94. The predicted molar refractivity (Wildman–Crippen MR) is 63.4 cm³/mol. The maximum absolute atomic E-state index is 12.1. The van der Waals surface area contributed by atoms with E-state index in [1.165, 1.54) is 0 Å². The summed E-state index contributed by atoms with van der Waals surface area (Å²) in [5.41, 5.74) is 0.754. The first-order chi connectivity index (χ1) is 8.24. The van der Waals surface area contributed by atoms with Gasteiger partial charge >= 0.3 is 0 Å². The highest BCUT2D eigenvalue weighted by Crippen LogP contribution is 2.24. The molecule has 2 rings (SSSR count). The van der Waals surface area contributed by atoms with Gasteiger partial charge in [0.2, 0.25) is 11.8 Å². The summed E-state index contributed by atoms with van der Waals surface area (Å²) in [7, 11) is 0. The van der Waals surface area contributed by atoms with Crippen LogP contribution in [0.25, 0.3) is 0 Å². The number of carbonyl (C=O) groups excluding carboxylic acids is 2. The Morgan fingerprint density at radius 1 is 1.65 bits per heavy atom. The number of rotatable bonds is 3. The Kier molecular flexibility index (Phi) is 3.37. The van der Waals surface area contributed by atoms with Crippen LogP contribution in [-0.2, 0) is 9.59 Å². The van der Waals surface area contributed by atoms with Gasteiger partial charge in [-0.25, -0.2) is 0 Å². The Balaban J connectivity index is 2.10. The van der Waals surface area contributed by atoms with Gasteiger partial charge in [0.25, 0.3) is 0 Å². The fraction of sp³-hybridized carbons (Fsp3) is 0.417. The van der Waals surface area contributed by atoms with E-state index in [1.54, 1.807) is 23.4 Å². The minimum absolute atomic E-state index is 0.135. The van der Waals surface area contributed by atoms with Crippen molar-refractivity contribution in [3.05, 3.63) is 24.5 Å². The number of nitrogens with zero attached hydrogens (tertiary/aromatic N) is 2. The van der Waals surface area contributed by atoms with Crippen LogP contribution in [0.3, 0.4) is 0 Å². The third-order valence-electron chi connectivity index (χ3n) is 2.83. The molecule has 17 heavy (non-hydrogen) atoms. The van der Waals surface area contributed by atoms with Crippen molar-refractivity contribution in [3.8, 4) is 0 Å². The molecule has 90 valence electrons. The monoisotopic (exact) mass is 233 g/mol. The molecule has 0 bridgehead atoms. The summed E-state index contributed by atoms with van der Waals surface area (Å²) in [5, 5.41) is 2.69. The summed E-state index contributed by atoms with van der Waals surface area (Å²) in [5.74, 6) is -0.858. The first kappa shape index (κ1) is 11.6. The van der Waals surface area contributed by atoms with Crippen LogP contribution in [-0.4, -0.2) is 29.9 Å². The predicted octanol–water partition coefficient (Wildman–Crippen LogP) is 0.571. The largest absolute Gasteiger partial charge is 0.356 e. The molecule has 1 unspecified atom stereocenters. The number of anilines is 1. The van der Waals surface area contributed by atoms with Gasteiger partial charge in [0, 0.05) is 19.3 Å². The minimum atomic E-state index is -0.546. The zero-order valence-electron chi connectivity index (χ0n) is 9.72. The summed E-state index contributed by atoms with van der Waals surface area (Å²) in [6.45, 7) is 2.97. The maximum Gasteiger partial charge on any atom is 0.239 e. The van der Waals surface area contributed by atoms with Crippen LogP contribution in [0.5, 0.6) is 0 Å². The average Bonchev–Trinajstić information content (AvgIpc) is 2.72. The van der Waals surface area contributed by atoms with Gasteiger partial charge in [-0.15, -0.1) is 0 Å². The zero-order chi connectivity index (χ0) is 12.3. The molecule has 1 fully saturated rings. The molecule has 0 aromatic carbocycles. The Bertz CT molecular complexity index is 419. The molecule has 5 heteroatoms. The standard InChI is InChI=1S/C12H15N3O2/c1-2-14-11(16)10-5-7-15(12(10)17)9-4-3-6-13-8-9/h3-4,6,8,10H,2,5,7H2,1H3,(H,14,16). The van der Waals surface area contributed by atoms with Crippen molar-refractivity contribution in [3.63, 3.8) is 0 Å². The number of carbonyl (C=O) groups is 2. The normalized spacial score (nSPS) is 19.5. The van der Waals surface area contributed by atoms with Crippen molar-refractivity contribution in [1.29, 1.82) is 0 Å². The molecule has 1 atom stereocenters. The Morgan fingerprint density at radius 2 is 2.47 bits per heavy atom. The van der Waals surface area contributed by atoms with E-state index in [1.807, 2.05) is 13.0 Å². The molecule has 1 aliphatic rings. The molecular formula is C12H15N3O2. The van der Waals surface area contributed by atoms with E-state index in [9.17, 15) is 9.59 Å². The Labute approximate surface area is 99.8 Å². The first-order valence-electron chi connectivity index (χ1n) is 5.73. The van der Waals surface area contributed by atoms with Crippen LogP contribution < -0.4 is 10.2 Å². The smallest absolute Gasteiger partial charge is 0.239 e. The lowest BCUT2D eigenvalue weighted by molar-refractivity contribution is -0.132. The van der Waals surface area contributed by atoms with Crippen molar-refractivity contribution in [2.45, 2.75) is 13.3 Å². The lowest BCUT2D eigenvalue weighted by Crippen LogP contribution is -2.36. The molecule has 1 aliphatic heterocycles. The van der Waals surface area contributed by atoms with Gasteiger partial charge in [-0.3, -0.25) is 14.6 Å². The average molecular weight is 233 g/mol. The molecule has 5 nitrogen and oxygen atoms in total. The highest BCUT2D eigenvalue weighted by Gasteiger charge is 2.37. The van der Waals surface area contributed by atoms with Gasteiger partial charge < -0.3 is 10.2 Å². The topological polar surface area (TPSA) is 62.3 Å². The quantitative estimate of drug-likeness (QED) is 0.776. The van der Waals surface area contributed by atoms with Gasteiger partial charge in [-0.1, -0.05) is 0 Å². The second-order valence-electron chi connectivity index (χ2n) is 3.94. The Hall–Kier alpha value is -1.91. The van der Waals surface area contributed by atoms with Crippen molar-refractivity contribution >= 4 is 17.5 Å². The second kappa shape index (κ2) is 4.95. The number of aromatic nitrogens is 1. The number of amides is 2. The van der Waals surface area contributed by atoms with Crippen LogP contribution in [0, 0.1) is 5.92 Å². The molecule has 0 radical (unpaired) electrons. The minimum Gasteiger partial charge on any atom is -0.356 e. The van der Waals surface area contributed by atoms with E-state index in [0.29, 0.717) is 19.5 Å². The number of hydrogen-bond acceptors (Lipinski definition) is 3. The molecule has 1 N–H and O–H groups in total. The van der Waals surface area contributed by atoms with Crippen LogP contribution in [0.2, 0.25) is 0 Å². The van der Waals surface area contributed by atoms with Gasteiger partial charge in [0.05, 0.1) is 11.9 Å². The Morgan fingerprint density at radius 3 is 3.12 bits per heavy atom. The first-order valence-corrected chi connectivity index (χ1v) is 5.73. The van der Waals surface area contributed by atoms with Crippen LogP contribution in [0.4, 0.5) is 5.69 Å². The van der Waals surface area contributed by atoms with Crippen molar-refractivity contribution in [2.24, 2.45) is 5.92 Å². The molecule has 1 saturated heterocycles.